The molecule has 0 fully saturated rings. The van der Waals surface area contributed by atoms with E-state index in [-0.39, 0.29) is 18.2 Å². The molecule has 8 heteroatoms. The van der Waals surface area contributed by atoms with Crippen LogP contribution in [0.25, 0.3) is 11.3 Å². The van der Waals surface area contributed by atoms with E-state index >= 15 is 0 Å². The molecule has 1 aromatic heterocycles. The van der Waals surface area contributed by atoms with Gasteiger partial charge < -0.3 is 4.74 Å². The van der Waals surface area contributed by atoms with Gasteiger partial charge in [-0.1, -0.05) is 12.1 Å². The molecule has 0 unspecified atom stereocenters. The van der Waals surface area contributed by atoms with E-state index in [1.807, 2.05) is 24.4 Å². The Kier molecular flexibility index (Phi) is 5.46. The zero-order chi connectivity index (χ0) is 19.4. The van der Waals surface area contributed by atoms with Crippen LogP contribution in [0.1, 0.15) is 11.1 Å². The summed E-state index contributed by atoms with van der Waals surface area (Å²) in [4.78, 5) is 26.6. The molecule has 1 amide bonds. The average molecular weight is 383 g/mol. The molecule has 0 aliphatic rings. The zero-order valence-electron chi connectivity index (χ0n) is 14.8. The molecule has 7 nitrogen and oxygen atoms in total. The number of carbonyl (C=O) groups excluding carboxylic acids is 1. The van der Waals surface area contributed by atoms with Gasteiger partial charge in [0.1, 0.15) is 5.75 Å². The van der Waals surface area contributed by atoms with Gasteiger partial charge in [-0.15, -0.1) is 11.3 Å². The normalized spacial score (nSPS) is 10.4. The largest absolute Gasteiger partial charge is 0.484 e. The first kappa shape index (κ1) is 18.5. The number of non-ortho nitro benzene ring substituents is 1. The van der Waals surface area contributed by atoms with Gasteiger partial charge in [0.25, 0.3) is 11.6 Å². The van der Waals surface area contributed by atoms with E-state index < -0.39 is 4.92 Å². The number of hydrogen-bond acceptors (Lipinski definition) is 6. The Labute approximate surface area is 159 Å². The lowest BCUT2D eigenvalue weighted by molar-refractivity contribution is -0.384. The lowest BCUT2D eigenvalue weighted by Crippen LogP contribution is -2.20. The Hall–Kier alpha value is -3.26. The Morgan fingerprint density at radius 1 is 1.19 bits per heavy atom. The Morgan fingerprint density at radius 2 is 1.93 bits per heavy atom. The predicted molar refractivity (Wildman–Crippen MR) is 104 cm³/mol. The third-order valence-electron chi connectivity index (χ3n) is 3.97. The Balaban J connectivity index is 1.57. The molecule has 27 heavy (non-hydrogen) atoms. The lowest BCUT2D eigenvalue weighted by Gasteiger charge is -2.05. The summed E-state index contributed by atoms with van der Waals surface area (Å²) in [6.45, 7) is 3.89. The molecule has 0 aliphatic heterocycles. The first-order valence-electron chi connectivity index (χ1n) is 8.12. The van der Waals surface area contributed by atoms with E-state index in [1.54, 1.807) is 0 Å². The molecular weight excluding hydrogens is 366 g/mol. The number of aryl methyl sites for hydroxylation is 2. The molecule has 0 atom stereocenters. The molecular formula is C19H17N3O4S. The molecule has 3 rings (SSSR count). The molecule has 0 radical (unpaired) electrons. The number of rotatable bonds is 6. The molecule has 0 spiro atoms. The summed E-state index contributed by atoms with van der Waals surface area (Å²) in [7, 11) is 0. The lowest BCUT2D eigenvalue weighted by atomic mass is 10.1. The van der Waals surface area contributed by atoms with Crippen molar-refractivity contribution >= 4 is 28.1 Å². The number of carbonyl (C=O) groups is 1. The SMILES string of the molecule is Cc1ccc(-c2csc(NC(=O)COc3ccc([N+](=O)[O-])cc3)n2)cc1C. The Morgan fingerprint density at radius 3 is 2.59 bits per heavy atom. The number of nitrogens with zero attached hydrogens (tertiary/aromatic N) is 2. The second kappa shape index (κ2) is 7.96. The van der Waals surface area contributed by atoms with Crippen LogP contribution < -0.4 is 10.1 Å². The summed E-state index contributed by atoms with van der Waals surface area (Å²) in [6, 6.07) is 11.7. The van der Waals surface area contributed by atoms with Gasteiger partial charge in [-0.05, 0) is 43.2 Å². The molecule has 3 aromatic rings. The minimum atomic E-state index is -0.494. The van der Waals surface area contributed by atoms with Crippen molar-refractivity contribution in [2.75, 3.05) is 11.9 Å². The van der Waals surface area contributed by atoms with Crippen molar-refractivity contribution in [2.24, 2.45) is 0 Å². The summed E-state index contributed by atoms with van der Waals surface area (Å²) < 4.78 is 5.34. The van der Waals surface area contributed by atoms with Crippen LogP contribution in [0, 0.1) is 24.0 Å². The highest BCUT2D eigenvalue weighted by Gasteiger charge is 2.10. The minimum absolute atomic E-state index is 0.0338. The number of hydrogen-bond donors (Lipinski definition) is 1. The number of nitro benzene ring substituents is 1. The van der Waals surface area contributed by atoms with Gasteiger partial charge in [0.05, 0.1) is 10.6 Å². The van der Waals surface area contributed by atoms with Gasteiger partial charge in [-0.2, -0.15) is 0 Å². The van der Waals surface area contributed by atoms with Crippen molar-refractivity contribution < 1.29 is 14.5 Å². The van der Waals surface area contributed by atoms with Crippen LogP contribution in [0.5, 0.6) is 5.75 Å². The van der Waals surface area contributed by atoms with E-state index in [9.17, 15) is 14.9 Å². The summed E-state index contributed by atoms with van der Waals surface area (Å²) in [5.74, 6) is 0.0278. The second-order valence-electron chi connectivity index (χ2n) is 5.92. The van der Waals surface area contributed by atoms with Crippen LogP contribution in [0.15, 0.2) is 47.8 Å². The fourth-order valence-electron chi connectivity index (χ4n) is 2.33. The first-order chi connectivity index (χ1) is 12.9. The topological polar surface area (TPSA) is 94.4 Å². The van der Waals surface area contributed by atoms with Crippen LogP contribution in [-0.2, 0) is 4.79 Å². The molecule has 1 heterocycles. The number of thiazole rings is 1. The maximum Gasteiger partial charge on any atom is 0.269 e. The highest BCUT2D eigenvalue weighted by molar-refractivity contribution is 7.14. The predicted octanol–water partition coefficient (Wildman–Crippen LogP) is 4.35. The molecule has 0 bridgehead atoms. The molecule has 0 saturated carbocycles. The third-order valence-corrected chi connectivity index (χ3v) is 4.73. The zero-order valence-corrected chi connectivity index (χ0v) is 15.6. The van der Waals surface area contributed by atoms with E-state index in [2.05, 4.69) is 23.3 Å². The van der Waals surface area contributed by atoms with Crippen molar-refractivity contribution in [3.05, 3.63) is 69.1 Å². The number of nitrogens with one attached hydrogen (secondary N) is 1. The van der Waals surface area contributed by atoms with Gasteiger partial charge >= 0.3 is 0 Å². The van der Waals surface area contributed by atoms with Crippen LogP contribution in [0.2, 0.25) is 0 Å². The highest BCUT2D eigenvalue weighted by Crippen LogP contribution is 2.26. The van der Waals surface area contributed by atoms with E-state index in [1.165, 1.54) is 46.7 Å². The van der Waals surface area contributed by atoms with E-state index in [0.717, 1.165) is 11.3 Å². The quantitative estimate of drug-likeness (QED) is 0.504. The third kappa shape index (κ3) is 4.68. The summed E-state index contributed by atoms with van der Waals surface area (Å²) >= 11 is 1.34. The maximum absolute atomic E-state index is 12.0. The number of aromatic nitrogens is 1. The van der Waals surface area contributed by atoms with Crippen LogP contribution in [0.3, 0.4) is 0 Å². The van der Waals surface area contributed by atoms with E-state index in [4.69, 9.17) is 4.74 Å². The molecule has 0 aliphatic carbocycles. The number of amides is 1. The van der Waals surface area contributed by atoms with Crippen LogP contribution in [0.4, 0.5) is 10.8 Å². The monoisotopic (exact) mass is 383 g/mol. The fraction of sp³-hybridized carbons (Fsp3) is 0.158. The minimum Gasteiger partial charge on any atom is -0.484 e. The average Bonchev–Trinajstić information content (AvgIpc) is 3.11. The summed E-state index contributed by atoms with van der Waals surface area (Å²) in [5.41, 5.74) is 4.16. The van der Waals surface area contributed by atoms with Gasteiger partial charge in [0, 0.05) is 23.1 Å². The number of ether oxygens (including phenoxy) is 1. The van der Waals surface area contributed by atoms with Crippen molar-refractivity contribution in [3.63, 3.8) is 0 Å². The molecule has 0 saturated heterocycles. The smallest absolute Gasteiger partial charge is 0.269 e. The van der Waals surface area contributed by atoms with Crippen LogP contribution >= 0.6 is 11.3 Å². The van der Waals surface area contributed by atoms with Gasteiger partial charge in [-0.25, -0.2) is 4.98 Å². The summed E-state index contributed by atoms with van der Waals surface area (Å²) in [6.07, 6.45) is 0. The van der Waals surface area contributed by atoms with Crippen molar-refractivity contribution in [1.29, 1.82) is 0 Å². The number of benzene rings is 2. The highest BCUT2D eigenvalue weighted by atomic mass is 32.1. The molecule has 1 N–H and O–H groups in total. The molecule has 138 valence electrons. The van der Waals surface area contributed by atoms with Gasteiger partial charge in [-0.3, -0.25) is 20.2 Å². The second-order valence-corrected chi connectivity index (χ2v) is 6.78. The van der Waals surface area contributed by atoms with Crippen molar-refractivity contribution in [1.82, 2.24) is 4.98 Å². The first-order valence-corrected chi connectivity index (χ1v) is 9.00. The van der Waals surface area contributed by atoms with Crippen LogP contribution in [-0.4, -0.2) is 22.4 Å². The maximum atomic E-state index is 12.0. The van der Waals surface area contributed by atoms with Crippen molar-refractivity contribution in [2.45, 2.75) is 13.8 Å². The number of anilines is 1. The fourth-order valence-corrected chi connectivity index (χ4v) is 3.07. The van der Waals surface area contributed by atoms with E-state index in [0.29, 0.717) is 10.9 Å². The number of nitro groups is 1. The van der Waals surface area contributed by atoms with Gasteiger partial charge in [0.2, 0.25) is 0 Å². The van der Waals surface area contributed by atoms with Crippen molar-refractivity contribution in [3.8, 4) is 17.0 Å². The van der Waals surface area contributed by atoms with Gasteiger partial charge in [0.15, 0.2) is 11.7 Å². The Bertz CT molecular complexity index is 983. The summed E-state index contributed by atoms with van der Waals surface area (Å²) in [5, 5.41) is 15.7. The standard InChI is InChI=1S/C19H17N3O4S/c1-12-3-4-14(9-13(12)2)17-11-27-19(20-17)21-18(23)10-26-16-7-5-15(6-8-16)22(24)25/h3-9,11H,10H2,1-2H3,(H,20,21,23). The molecule has 2 aromatic carbocycles.